The lowest BCUT2D eigenvalue weighted by atomic mass is 10.1. The minimum Gasteiger partial charge on any atom is -0.387 e. The zero-order chi connectivity index (χ0) is 15.7. The first-order valence-electron chi connectivity index (χ1n) is 4.72. The molecular weight excluding hydrogens is 318 g/mol. The summed E-state index contributed by atoms with van der Waals surface area (Å²) in [6, 6.07) is 0.557. The van der Waals surface area contributed by atoms with Gasteiger partial charge < -0.3 is 10.5 Å². The second kappa shape index (κ2) is 5.44. The van der Waals surface area contributed by atoms with Gasteiger partial charge in [0.25, 0.3) is 5.24 Å². The lowest BCUT2D eigenvalue weighted by Gasteiger charge is -2.17. The van der Waals surface area contributed by atoms with Crippen LogP contribution >= 0.6 is 11.6 Å². The van der Waals surface area contributed by atoms with Crippen LogP contribution in [-0.4, -0.2) is 16.6 Å². The number of aromatic nitrogens is 1. The Hall–Kier alpha value is -1.55. The molecule has 0 spiro atoms. The highest BCUT2D eigenvalue weighted by Gasteiger charge is 2.42. The van der Waals surface area contributed by atoms with Crippen LogP contribution in [0.15, 0.2) is 6.07 Å². The average Bonchev–Trinajstić information content (AvgIpc) is 2.23. The summed E-state index contributed by atoms with van der Waals surface area (Å²) in [7, 11) is 0. The molecule has 0 bridgehead atoms. The van der Waals surface area contributed by atoms with Crippen LogP contribution in [0.5, 0.6) is 5.88 Å². The summed E-state index contributed by atoms with van der Waals surface area (Å²) < 4.78 is 77.7. The van der Waals surface area contributed by atoms with Crippen molar-refractivity contribution in [3.05, 3.63) is 22.9 Å². The standard InChI is InChI=1S/C9H5ClF6N2O2/c10-6(19)4-1-3(2-17)5(8(11,12)13)7(18-4)20-9(14,15)16/h1H,2,17H2. The van der Waals surface area contributed by atoms with Crippen LogP contribution in [0.3, 0.4) is 0 Å². The molecule has 4 nitrogen and oxygen atoms in total. The fourth-order valence-electron chi connectivity index (χ4n) is 1.32. The third-order valence-corrected chi connectivity index (χ3v) is 2.18. The summed E-state index contributed by atoms with van der Waals surface area (Å²) in [4.78, 5) is 13.7. The number of halogens is 7. The number of pyridine rings is 1. The van der Waals surface area contributed by atoms with E-state index in [1.54, 1.807) is 0 Å². The zero-order valence-electron chi connectivity index (χ0n) is 9.27. The van der Waals surface area contributed by atoms with Gasteiger partial charge in [0, 0.05) is 6.54 Å². The monoisotopic (exact) mass is 322 g/mol. The van der Waals surface area contributed by atoms with Crippen LogP contribution in [0.2, 0.25) is 0 Å². The van der Waals surface area contributed by atoms with Crippen molar-refractivity contribution in [2.24, 2.45) is 5.73 Å². The maximum atomic E-state index is 12.7. The Morgan fingerprint density at radius 3 is 2.20 bits per heavy atom. The molecule has 20 heavy (non-hydrogen) atoms. The van der Waals surface area contributed by atoms with Gasteiger partial charge in [0.05, 0.1) is 0 Å². The van der Waals surface area contributed by atoms with E-state index in [0.717, 1.165) is 0 Å². The highest BCUT2D eigenvalue weighted by atomic mass is 35.5. The Bertz CT molecular complexity index is 528. The number of carbonyl (C=O) groups is 1. The number of nitrogens with two attached hydrogens (primary N) is 1. The Morgan fingerprint density at radius 1 is 1.30 bits per heavy atom. The van der Waals surface area contributed by atoms with Crippen LogP contribution in [0.25, 0.3) is 0 Å². The number of rotatable bonds is 3. The highest BCUT2D eigenvalue weighted by molar-refractivity contribution is 6.67. The van der Waals surface area contributed by atoms with Gasteiger partial charge in [-0.2, -0.15) is 13.2 Å². The van der Waals surface area contributed by atoms with Crippen molar-refractivity contribution >= 4 is 16.8 Å². The minimum absolute atomic E-state index is 0.557. The molecule has 0 aliphatic carbocycles. The van der Waals surface area contributed by atoms with Gasteiger partial charge in [-0.05, 0) is 23.2 Å². The van der Waals surface area contributed by atoms with E-state index < -0.39 is 47.0 Å². The number of hydrogen-bond acceptors (Lipinski definition) is 4. The first-order chi connectivity index (χ1) is 8.95. The molecule has 1 heterocycles. The summed E-state index contributed by atoms with van der Waals surface area (Å²) in [6.45, 7) is -0.789. The van der Waals surface area contributed by atoms with E-state index in [4.69, 9.17) is 17.3 Å². The minimum atomic E-state index is -5.42. The molecule has 0 atom stereocenters. The molecule has 0 saturated heterocycles. The predicted molar refractivity (Wildman–Crippen MR) is 54.0 cm³/mol. The average molecular weight is 323 g/mol. The normalized spacial score (nSPS) is 12.4. The molecule has 1 aromatic rings. The zero-order valence-corrected chi connectivity index (χ0v) is 10.0. The number of hydrogen-bond donors (Lipinski definition) is 1. The van der Waals surface area contributed by atoms with Gasteiger partial charge in [-0.25, -0.2) is 4.98 Å². The molecule has 1 rings (SSSR count). The van der Waals surface area contributed by atoms with E-state index in [1.807, 2.05) is 0 Å². The molecule has 11 heteroatoms. The molecule has 0 aliphatic rings. The molecular formula is C9H5ClF6N2O2. The van der Waals surface area contributed by atoms with Gasteiger partial charge in [0.1, 0.15) is 11.3 Å². The van der Waals surface area contributed by atoms with E-state index in [1.165, 1.54) is 0 Å². The van der Waals surface area contributed by atoms with E-state index in [9.17, 15) is 31.1 Å². The largest absolute Gasteiger partial charge is 0.574 e. The van der Waals surface area contributed by atoms with Crippen LogP contribution in [-0.2, 0) is 12.7 Å². The first-order valence-corrected chi connectivity index (χ1v) is 5.10. The van der Waals surface area contributed by atoms with E-state index >= 15 is 0 Å². The molecule has 0 unspecified atom stereocenters. The fourth-order valence-corrected chi connectivity index (χ4v) is 1.42. The number of nitrogens with zero attached hydrogens (tertiary/aromatic N) is 1. The third-order valence-electron chi connectivity index (χ3n) is 1.99. The summed E-state index contributed by atoms with van der Waals surface area (Å²) in [5.41, 5.74) is 1.59. The molecule has 0 radical (unpaired) electrons. The van der Waals surface area contributed by atoms with Gasteiger partial charge in [-0.15, -0.1) is 13.2 Å². The lowest BCUT2D eigenvalue weighted by Crippen LogP contribution is -2.23. The Morgan fingerprint density at radius 2 is 1.85 bits per heavy atom. The number of carbonyl (C=O) groups excluding carboxylic acids is 1. The first kappa shape index (κ1) is 16.5. The molecule has 0 amide bonds. The van der Waals surface area contributed by atoms with Gasteiger partial charge >= 0.3 is 12.5 Å². The molecule has 0 fully saturated rings. The fraction of sp³-hybridized carbons (Fsp3) is 0.333. The van der Waals surface area contributed by atoms with E-state index in [2.05, 4.69) is 9.72 Å². The molecule has 0 aromatic carbocycles. The van der Waals surface area contributed by atoms with Gasteiger partial charge in [-0.1, -0.05) is 0 Å². The van der Waals surface area contributed by atoms with Crippen LogP contribution < -0.4 is 10.5 Å². The molecule has 112 valence electrons. The summed E-state index contributed by atoms with van der Waals surface area (Å²) in [5, 5.41) is -1.35. The maximum Gasteiger partial charge on any atom is 0.574 e. The Kier molecular flexibility index (Phi) is 4.49. The summed E-state index contributed by atoms with van der Waals surface area (Å²) in [6.07, 6.45) is -10.6. The molecule has 0 aliphatic heterocycles. The third kappa shape index (κ3) is 3.97. The van der Waals surface area contributed by atoms with Crippen molar-refractivity contribution in [1.82, 2.24) is 4.98 Å². The molecule has 2 N–H and O–H groups in total. The topological polar surface area (TPSA) is 65.2 Å². The lowest BCUT2D eigenvalue weighted by molar-refractivity contribution is -0.278. The number of ether oxygens (including phenoxy) is 1. The van der Waals surface area contributed by atoms with Crippen molar-refractivity contribution in [2.75, 3.05) is 0 Å². The second-order valence-corrected chi connectivity index (χ2v) is 3.71. The summed E-state index contributed by atoms with van der Waals surface area (Å²) in [5.74, 6) is -1.82. The van der Waals surface area contributed by atoms with E-state index in [0.29, 0.717) is 6.07 Å². The predicted octanol–water partition coefficient (Wildman–Crippen LogP) is 2.84. The summed E-state index contributed by atoms with van der Waals surface area (Å²) >= 11 is 4.98. The molecule has 0 saturated carbocycles. The molecule has 1 aromatic heterocycles. The number of alkyl halides is 6. The van der Waals surface area contributed by atoms with Gasteiger partial charge in [-0.3, -0.25) is 4.79 Å². The van der Waals surface area contributed by atoms with Crippen molar-refractivity contribution < 1.29 is 35.9 Å². The SMILES string of the molecule is NCc1cc(C(=O)Cl)nc(OC(F)(F)F)c1C(F)(F)F. The Labute approximate surface area is 112 Å². The van der Waals surface area contributed by atoms with Crippen molar-refractivity contribution in [3.63, 3.8) is 0 Å². The quantitative estimate of drug-likeness (QED) is 0.686. The smallest absolute Gasteiger partial charge is 0.387 e. The Balaban J connectivity index is 3.57. The van der Waals surface area contributed by atoms with Crippen molar-refractivity contribution in [3.8, 4) is 5.88 Å². The van der Waals surface area contributed by atoms with Crippen LogP contribution in [0.4, 0.5) is 26.3 Å². The second-order valence-electron chi connectivity index (χ2n) is 3.37. The van der Waals surface area contributed by atoms with Crippen LogP contribution in [0, 0.1) is 0 Å². The van der Waals surface area contributed by atoms with Gasteiger partial charge in [0.15, 0.2) is 0 Å². The van der Waals surface area contributed by atoms with Gasteiger partial charge in [0.2, 0.25) is 5.88 Å². The van der Waals surface area contributed by atoms with Crippen LogP contribution in [0.1, 0.15) is 21.6 Å². The van der Waals surface area contributed by atoms with Crippen molar-refractivity contribution in [2.45, 2.75) is 19.1 Å². The maximum absolute atomic E-state index is 12.7. The highest BCUT2D eigenvalue weighted by Crippen LogP contribution is 2.40. The van der Waals surface area contributed by atoms with Crippen molar-refractivity contribution in [1.29, 1.82) is 0 Å². The van der Waals surface area contributed by atoms with E-state index in [-0.39, 0.29) is 0 Å².